The summed E-state index contributed by atoms with van der Waals surface area (Å²) in [6.45, 7) is 4.72. The summed E-state index contributed by atoms with van der Waals surface area (Å²) in [7, 11) is 3.53. The minimum atomic E-state index is 0. The monoisotopic (exact) mass is 514 g/mol. The molecule has 2 heterocycles. The third-order valence-electron chi connectivity index (χ3n) is 5.93. The lowest BCUT2D eigenvalue weighted by Crippen LogP contribution is -2.47. The van der Waals surface area contributed by atoms with E-state index in [1.165, 1.54) is 5.56 Å². The van der Waals surface area contributed by atoms with Crippen LogP contribution in [-0.2, 0) is 16.0 Å². The van der Waals surface area contributed by atoms with Gasteiger partial charge in [-0.3, -0.25) is 9.79 Å². The average Bonchev–Trinajstić information content (AvgIpc) is 3.18. The number of methoxy groups -OCH3 is 1. The van der Waals surface area contributed by atoms with Gasteiger partial charge in [0.2, 0.25) is 5.91 Å². The number of piperidine rings is 1. The van der Waals surface area contributed by atoms with Gasteiger partial charge >= 0.3 is 0 Å². The van der Waals surface area contributed by atoms with Crippen molar-refractivity contribution in [1.29, 1.82) is 0 Å². The molecule has 6 nitrogen and oxygen atoms in total. The van der Waals surface area contributed by atoms with Crippen LogP contribution in [0.1, 0.15) is 24.8 Å². The zero-order valence-electron chi connectivity index (χ0n) is 17.7. The molecule has 2 fully saturated rings. The van der Waals surface area contributed by atoms with Crippen molar-refractivity contribution in [2.24, 2.45) is 16.8 Å². The van der Waals surface area contributed by atoms with Crippen LogP contribution in [0.4, 0.5) is 0 Å². The summed E-state index contributed by atoms with van der Waals surface area (Å²) in [6, 6.07) is 10.7. The van der Waals surface area contributed by atoms with Crippen LogP contribution in [0.3, 0.4) is 0 Å². The number of guanidine groups is 1. The number of likely N-dealkylation sites (tertiary alicyclic amines) is 2. The second kappa shape index (κ2) is 12.4. The molecule has 1 amide bonds. The Hall–Kier alpha value is -1.35. The number of aliphatic imine (C=N–C) groups is 1. The van der Waals surface area contributed by atoms with Crippen LogP contribution in [0.2, 0.25) is 0 Å². The highest BCUT2D eigenvalue weighted by atomic mass is 127. The smallest absolute Gasteiger partial charge is 0.241 e. The molecule has 2 aliphatic rings. The number of rotatable bonds is 6. The topological polar surface area (TPSA) is 57.2 Å². The molecule has 0 radical (unpaired) electrons. The molecule has 2 saturated heterocycles. The molecule has 0 aromatic heterocycles. The fourth-order valence-corrected chi connectivity index (χ4v) is 4.33. The molecule has 0 aliphatic carbocycles. The summed E-state index contributed by atoms with van der Waals surface area (Å²) in [6.07, 6.45) is 4.39. The molecule has 1 aromatic carbocycles. The van der Waals surface area contributed by atoms with Crippen LogP contribution in [0.5, 0.6) is 0 Å². The molecule has 0 saturated carbocycles. The Balaban J connectivity index is 0.00000300. The normalized spacial score (nSPS) is 20.5. The molecule has 1 N–H and O–H groups in total. The van der Waals surface area contributed by atoms with Crippen LogP contribution in [0, 0.1) is 11.8 Å². The van der Waals surface area contributed by atoms with Crippen LogP contribution >= 0.6 is 24.0 Å². The number of ether oxygens (including phenoxy) is 1. The Morgan fingerprint density at radius 1 is 1.10 bits per heavy atom. The zero-order chi connectivity index (χ0) is 19.8. The maximum Gasteiger partial charge on any atom is 0.241 e. The highest BCUT2D eigenvalue weighted by molar-refractivity contribution is 14.0. The number of benzene rings is 1. The molecule has 1 unspecified atom stereocenters. The molecule has 0 bridgehead atoms. The van der Waals surface area contributed by atoms with Crippen molar-refractivity contribution in [1.82, 2.24) is 15.1 Å². The third-order valence-corrected chi connectivity index (χ3v) is 5.93. The first kappa shape index (κ1) is 23.9. The van der Waals surface area contributed by atoms with Gasteiger partial charge in [0.25, 0.3) is 0 Å². The van der Waals surface area contributed by atoms with Crippen LogP contribution in [-0.4, -0.2) is 75.2 Å². The van der Waals surface area contributed by atoms with Crippen molar-refractivity contribution in [2.75, 3.05) is 53.5 Å². The summed E-state index contributed by atoms with van der Waals surface area (Å²) in [5.74, 6) is 2.22. The molecule has 162 valence electrons. The zero-order valence-corrected chi connectivity index (χ0v) is 20.0. The van der Waals surface area contributed by atoms with Gasteiger partial charge in [0.15, 0.2) is 5.96 Å². The molecule has 1 atom stereocenters. The molecule has 1 aromatic rings. The molecule has 3 rings (SSSR count). The standard InChI is InChI=1S/C22H34N4O2.HI/c1-23-22(26-13-10-20(16-26)17-28-2)24-15-21(27)25-11-8-19(9-12-25)14-18-6-4-3-5-7-18;/h3-7,19-20H,8-17H2,1-2H3,(H,23,24);1H. The van der Waals surface area contributed by atoms with E-state index in [9.17, 15) is 4.79 Å². The number of halogens is 1. The Kier molecular flexibility index (Phi) is 10.2. The average molecular weight is 514 g/mol. The van der Waals surface area contributed by atoms with Gasteiger partial charge in [-0.2, -0.15) is 0 Å². The predicted molar refractivity (Wildman–Crippen MR) is 128 cm³/mol. The first-order valence-electron chi connectivity index (χ1n) is 10.5. The highest BCUT2D eigenvalue weighted by Gasteiger charge is 2.26. The summed E-state index contributed by atoms with van der Waals surface area (Å²) in [5.41, 5.74) is 1.40. The number of carbonyl (C=O) groups excluding carboxylic acids is 1. The Labute approximate surface area is 192 Å². The molecule has 7 heteroatoms. The fraction of sp³-hybridized carbons (Fsp3) is 0.636. The first-order valence-corrected chi connectivity index (χ1v) is 10.5. The van der Waals surface area contributed by atoms with Crippen molar-refractivity contribution in [2.45, 2.75) is 25.7 Å². The highest BCUT2D eigenvalue weighted by Crippen LogP contribution is 2.21. The van der Waals surface area contributed by atoms with E-state index in [1.54, 1.807) is 14.2 Å². The van der Waals surface area contributed by atoms with E-state index < -0.39 is 0 Å². The molecular formula is C22H35IN4O2. The summed E-state index contributed by atoms with van der Waals surface area (Å²) < 4.78 is 5.26. The molecule has 29 heavy (non-hydrogen) atoms. The molecule has 0 spiro atoms. The predicted octanol–water partition coefficient (Wildman–Crippen LogP) is 2.63. The SMILES string of the molecule is CN=C(NCC(=O)N1CCC(Cc2ccccc2)CC1)N1CCC(COC)C1.I. The van der Waals surface area contributed by atoms with Crippen LogP contribution in [0.15, 0.2) is 35.3 Å². The molecular weight excluding hydrogens is 479 g/mol. The van der Waals surface area contributed by atoms with Crippen LogP contribution < -0.4 is 5.32 Å². The van der Waals surface area contributed by atoms with E-state index in [4.69, 9.17) is 4.74 Å². The van der Waals surface area contributed by atoms with Gasteiger partial charge in [-0.1, -0.05) is 30.3 Å². The van der Waals surface area contributed by atoms with Gasteiger partial charge in [0.1, 0.15) is 0 Å². The van der Waals surface area contributed by atoms with Crippen molar-refractivity contribution in [3.05, 3.63) is 35.9 Å². The summed E-state index contributed by atoms with van der Waals surface area (Å²) >= 11 is 0. The van der Waals surface area contributed by atoms with Crippen molar-refractivity contribution in [3.8, 4) is 0 Å². The third kappa shape index (κ3) is 7.13. The summed E-state index contributed by atoms with van der Waals surface area (Å²) in [4.78, 5) is 21.2. The lowest BCUT2D eigenvalue weighted by Gasteiger charge is -2.32. The van der Waals surface area contributed by atoms with Crippen molar-refractivity contribution >= 4 is 35.8 Å². The van der Waals surface area contributed by atoms with E-state index in [0.29, 0.717) is 18.4 Å². The van der Waals surface area contributed by atoms with Gasteiger partial charge in [-0.05, 0) is 37.2 Å². The van der Waals surface area contributed by atoms with Gasteiger partial charge in [0.05, 0.1) is 13.2 Å². The molecule has 2 aliphatic heterocycles. The van der Waals surface area contributed by atoms with E-state index in [-0.39, 0.29) is 29.9 Å². The van der Waals surface area contributed by atoms with Crippen molar-refractivity contribution < 1.29 is 9.53 Å². The van der Waals surface area contributed by atoms with E-state index in [0.717, 1.165) is 64.4 Å². The largest absolute Gasteiger partial charge is 0.384 e. The minimum absolute atomic E-state index is 0. The van der Waals surface area contributed by atoms with Crippen LogP contribution in [0.25, 0.3) is 0 Å². The number of nitrogens with one attached hydrogen (secondary N) is 1. The van der Waals surface area contributed by atoms with Gasteiger partial charge in [-0.25, -0.2) is 0 Å². The maximum absolute atomic E-state index is 12.6. The van der Waals surface area contributed by atoms with Gasteiger partial charge in [0, 0.05) is 46.3 Å². The first-order chi connectivity index (χ1) is 13.7. The van der Waals surface area contributed by atoms with Gasteiger partial charge < -0.3 is 19.9 Å². The fourth-order valence-electron chi connectivity index (χ4n) is 4.33. The Morgan fingerprint density at radius 3 is 2.41 bits per heavy atom. The van der Waals surface area contributed by atoms with Gasteiger partial charge in [-0.15, -0.1) is 24.0 Å². The number of nitrogens with zero attached hydrogens (tertiary/aromatic N) is 3. The minimum Gasteiger partial charge on any atom is -0.384 e. The number of hydrogen-bond acceptors (Lipinski definition) is 3. The van der Waals surface area contributed by atoms with E-state index in [2.05, 4.69) is 45.5 Å². The lowest BCUT2D eigenvalue weighted by molar-refractivity contribution is -0.131. The Morgan fingerprint density at radius 2 is 1.76 bits per heavy atom. The quantitative estimate of drug-likeness (QED) is 0.361. The Bertz CT molecular complexity index is 647. The summed E-state index contributed by atoms with van der Waals surface area (Å²) in [5, 5.41) is 3.27. The van der Waals surface area contributed by atoms with Crippen molar-refractivity contribution in [3.63, 3.8) is 0 Å². The lowest BCUT2D eigenvalue weighted by atomic mass is 9.90. The number of hydrogen-bond donors (Lipinski definition) is 1. The second-order valence-corrected chi connectivity index (χ2v) is 7.97. The number of carbonyl (C=O) groups is 1. The maximum atomic E-state index is 12.6. The van der Waals surface area contributed by atoms with E-state index in [1.807, 2.05) is 4.90 Å². The second-order valence-electron chi connectivity index (χ2n) is 7.97. The van der Waals surface area contributed by atoms with E-state index >= 15 is 0 Å². The number of amides is 1.